The Kier molecular flexibility index (Phi) is 6.89. The van der Waals surface area contributed by atoms with Crippen LogP contribution in [0, 0.1) is 0 Å². The first-order valence-electron chi connectivity index (χ1n) is 9.97. The molecule has 1 atom stereocenters. The second kappa shape index (κ2) is 9.82. The molecule has 3 aromatic carbocycles. The molecule has 1 aromatic heterocycles. The number of imidazole rings is 1. The highest BCUT2D eigenvalue weighted by molar-refractivity contribution is 6.35. The number of carbonyl (C=O) groups excluding carboxylic acids is 1. The predicted molar refractivity (Wildman–Crippen MR) is 129 cm³/mol. The average molecular weight is 489 g/mol. The fourth-order valence-electron chi connectivity index (χ4n) is 3.44. The van der Waals surface area contributed by atoms with Gasteiger partial charge in [0.1, 0.15) is 11.6 Å². The lowest BCUT2D eigenvalue weighted by Crippen LogP contribution is -2.32. The van der Waals surface area contributed by atoms with Crippen LogP contribution in [-0.2, 0) is 11.3 Å². The SMILES string of the molecule is CC(NC(=O)COc1ccc(Cl)cc1)c1nc2ccccc2n1Cc1ccc(Cl)cc1Cl. The Morgan fingerprint density at radius 3 is 2.50 bits per heavy atom. The number of hydrogen-bond donors (Lipinski definition) is 1. The zero-order chi connectivity index (χ0) is 22.7. The van der Waals surface area contributed by atoms with Crippen molar-refractivity contribution in [2.75, 3.05) is 6.61 Å². The molecule has 0 aliphatic rings. The van der Waals surface area contributed by atoms with Crippen molar-refractivity contribution >= 4 is 51.7 Å². The van der Waals surface area contributed by atoms with Crippen molar-refractivity contribution in [1.82, 2.24) is 14.9 Å². The molecule has 164 valence electrons. The lowest BCUT2D eigenvalue weighted by molar-refractivity contribution is -0.123. The molecule has 0 aliphatic heterocycles. The van der Waals surface area contributed by atoms with Gasteiger partial charge in [-0.3, -0.25) is 4.79 Å². The smallest absolute Gasteiger partial charge is 0.258 e. The van der Waals surface area contributed by atoms with Gasteiger partial charge in [0.2, 0.25) is 0 Å². The number of rotatable bonds is 7. The van der Waals surface area contributed by atoms with Gasteiger partial charge in [0.15, 0.2) is 6.61 Å². The standard InChI is InChI=1S/C24H20Cl3N3O2/c1-15(28-23(31)14-32-19-10-8-17(25)9-11-19)24-29-21-4-2-3-5-22(21)30(24)13-16-6-7-18(26)12-20(16)27/h2-12,15H,13-14H2,1H3,(H,28,31). The summed E-state index contributed by atoms with van der Waals surface area (Å²) < 4.78 is 7.59. The van der Waals surface area contributed by atoms with Crippen LogP contribution in [0.15, 0.2) is 66.7 Å². The van der Waals surface area contributed by atoms with Gasteiger partial charge in [0, 0.05) is 15.1 Å². The highest BCUT2D eigenvalue weighted by Gasteiger charge is 2.19. The van der Waals surface area contributed by atoms with Gasteiger partial charge in [0.25, 0.3) is 5.91 Å². The van der Waals surface area contributed by atoms with Gasteiger partial charge >= 0.3 is 0 Å². The van der Waals surface area contributed by atoms with Crippen LogP contribution < -0.4 is 10.1 Å². The van der Waals surface area contributed by atoms with Crippen LogP contribution in [0.3, 0.4) is 0 Å². The number of hydrogen-bond acceptors (Lipinski definition) is 3. The van der Waals surface area contributed by atoms with Crippen molar-refractivity contribution in [2.24, 2.45) is 0 Å². The molecule has 8 heteroatoms. The summed E-state index contributed by atoms with van der Waals surface area (Å²) >= 11 is 18.3. The molecule has 0 aliphatic carbocycles. The van der Waals surface area contributed by atoms with E-state index in [1.165, 1.54) is 0 Å². The molecule has 0 spiro atoms. The molecule has 4 rings (SSSR count). The van der Waals surface area contributed by atoms with E-state index in [1.807, 2.05) is 37.3 Å². The number of benzene rings is 3. The van der Waals surface area contributed by atoms with Crippen molar-refractivity contribution in [1.29, 1.82) is 0 Å². The molecule has 1 heterocycles. The number of nitrogens with zero attached hydrogens (tertiary/aromatic N) is 2. The van der Waals surface area contributed by atoms with Crippen LogP contribution in [0.4, 0.5) is 0 Å². The molecule has 0 radical (unpaired) electrons. The third kappa shape index (κ3) is 5.18. The first-order chi connectivity index (χ1) is 15.4. The maximum absolute atomic E-state index is 12.5. The van der Waals surface area contributed by atoms with Gasteiger partial charge in [-0.1, -0.05) is 53.0 Å². The molecule has 1 N–H and O–H groups in total. The van der Waals surface area contributed by atoms with Gasteiger partial charge in [-0.05, 0) is 61.0 Å². The molecule has 0 saturated carbocycles. The van der Waals surface area contributed by atoms with Crippen LogP contribution in [0.25, 0.3) is 11.0 Å². The Hall–Kier alpha value is -2.73. The first-order valence-corrected chi connectivity index (χ1v) is 11.1. The minimum absolute atomic E-state index is 0.116. The zero-order valence-corrected chi connectivity index (χ0v) is 19.5. The van der Waals surface area contributed by atoms with Crippen LogP contribution in [0.2, 0.25) is 15.1 Å². The van der Waals surface area contributed by atoms with Gasteiger partial charge in [-0.2, -0.15) is 0 Å². The first kappa shape index (κ1) is 22.5. The van der Waals surface area contributed by atoms with E-state index in [1.54, 1.807) is 36.4 Å². The number of para-hydroxylation sites is 2. The number of amides is 1. The Bertz CT molecular complexity index is 1260. The third-order valence-corrected chi connectivity index (χ3v) is 5.81. The quantitative estimate of drug-likeness (QED) is 0.332. The lowest BCUT2D eigenvalue weighted by Gasteiger charge is -2.17. The maximum Gasteiger partial charge on any atom is 0.258 e. The van der Waals surface area contributed by atoms with Crippen molar-refractivity contribution in [3.05, 3.63) is 93.2 Å². The molecular formula is C24H20Cl3N3O2. The summed E-state index contributed by atoms with van der Waals surface area (Å²) in [7, 11) is 0. The normalized spacial score (nSPS) is 12.0. The summed E-state index contributed by atoms with van der Waals surface area (Å²) in [6, 6.07) is 19.7. The molecule has 0 fully saturated rings. The predicted octanol–water partition coefficient (Wildman–Crippen LogP) is 6.30. The van der Waals surface area contributed by atoms with Crippen LogP contribution >= 0.6 is 34.8 Å². The Morgan fingerprint density at radius 1 is 1.03 bits per heavy atom. The average Bonchev–Trinajstić information content (AvgIpc) is 3.14. The van der Waals surface area contributed by atoms with E-state index in [-0.39, 0.29) is 18.6 Å². The van der Waals surface area contributed by atoms with Gasteiger partial charge < -0.3 is 14.6 Å². The number of nitrogens with one attached hydrogen (secondary N) is 1. The van der Waals surface area contributed by atoms with Gasteiger partial charge in [0.05, 0.1) is 23.6 Å². The highest BCUT2D eigenvalue weighted by Crippen LogP contribution is 2.26. The monoisotopic (exact) mass is 487 g/mol. The molecule has 4 aromatic rings. The largest absolute Gasteiger partial charge is 0.484 e. The summed E-state index contributed by atoms with van der Waals surface area (Å²) in [6.45, 7) is 2.27. The molecule has 5 nitrogen and oxygen atoms in total. The second-order valence-corrected chi connectivity index (χ2v) is 8.59. The van der Waals surface area contributed by atoms with Crippen molar-refractivity contribution in [3.8, 4) is 5.75 Å². The van der Waals surface area contributed by atoms with E-state index < -0.39 is 0 Å². The van der Waals surface area contributed by atoms with E-state index >= 15 is 0 Å². The van der Waals surface area contributed by atoms with Crippen molar-refractivity contribution in [3.63, 3.8) is 0 Å². The highest BCUT2D eigenvalue weighted by atomic mass is 35.5. The van der Waals surface area contributed by atoms with E-state index in [0.717, 1.165) is 22.4 Å². The van der Waals surface area contributed by atoms with Gasteiger partial charge in [-0.25, -0.2) is 4.98 Å². The number of fused-ring (bicyclic) bond motifs is 1. The Morgan fingerprint density at radius 2 is 1.75 bits per heavy atom. The second-order valence-electron chi connectivity index (χ2n) is 7.31. The minimum atomic E-state index is -0.352. The fraction of sp³-hybridized carbons (Fsp3) is 0.167. The molecule has 0 saturated heterocycles. The molecule has 0 bridgehead atoms. The summed E-state index contributed by atoms with van der Waals surface area (Å²) in [6.07, 6.45) is 0. The summed E-state index contributed by atoms with van der Waals surface area (Å²) in [5.74, 6) is 1.04. The van der Waals surface area contributed by atoms with E-state index in [2.05, 4.69) is 9.88 Å². The summed E-state index contributed by atoms with van der Waals surface area (Å²) in [5, 5.41) is 4.73. The molecule has 32 heavy (non-hydrogen) atoms. The van der Waals surface area contributed by atoms with E-state index in [4.69, 9.17) is 44.5 Å². The van der Waals surface area contributed by atoms with Gasteiger partial charge in [-0.15, -0.1) is 0 Å². The Balaban J connectivity index is 1.54. The fourth-order valence-corrected chi connectivity index (χ4v) is 4.03. The maximum atomic E-state index is 12.5. The van der Waals surface area contributed by atoms with Crippen LogP contribution in [0.5, 0.6) is 5.75 Å². The van der Waals surface area contributed by atoms with E-state index in [0.29, 0.717) is 27.4 Å². The molecule has 1 amide bonds. The molecular weight excluding hydrogens is 469 g/mol. The van der Waals surface area contributed by atoms with Crippen LogP contribution in [0.1, 0.15) is 24.4 Å². The molecule has 1 unspecified atom stereocenters. The summed E-state index contributed by atoms with van der Waals surface area (Å²) in [4.78, 5) is 17.3. The topological polar surface area (TPSA) is 56.1 Å². The summed E-state index contributed by atoms with van der Waals surface area (Å²) in [5.41, 5.74) is 2.70. The number of aromatic nitrogens is 2. The lowest BCUT2D eigenvalue weighted by atomic mass is 10.2. The van der Waals surface area contributed by atoms with Crippen molar-refractivity contribution < 1.29 is 9.53 Å². The zero-order valence-electron chi connectivity index (χ0n) is 17.2. The number of carbonyl (C=O) groups is 1. The van der Waals surface area contributed by atoms with Crippen molar-refractivity contribution in [2.45, 2.75) is 19.5 Å². The Labute approximate surface area is 200 Å². The number of halogens is 3. The van der Waals surface area contributed by atoms with Crippen LogP contribution in [-0.4, -0.2) is 22.1 Å². The number of ether oxygens (including phenoxy) is 1. The minimum Gasteiger partial charge on any atom is -0.484 e. The van der Waals surface area contributed by atoms with E-state index in [9.17, 15) is 4.79 Å². The third-order valence-electron chi connectivity index (χ3n) is 4.98.